The van der Waals surface area contributed by atoms with Gasteiger partial charge in [0.05, 0.1) is 25.2 Å². The topological polar surface area (TPSA) is 123 Å². The lowest BCUT2D eigenvalue weighted by atomic mass is 9.93. The molecule has 2 aromatic rings. The summed E-state index contributed by atoms with van der Waals surface area (Å²) in [5.74, 6) is -1.87. The Kier molecular flexibility index (Phi) is 8.61. The number of aliphatic carboxylic acids is 1. The second-order valence-electron chi connectivity index (χ2n) is 7.45. The van der Waals surface area contributed by atoms with Crippen LogP contribution in [0.25, 0.3) is 0 Å². The molecule has 11 heteroatoms. The molecule has 0 unspecified atom stereocenters. The third-order valence-corrected chi connectivity index (χ3v) is 7.17. The first-order valence-corrected chi connectivity index (χ1v) is 11.9. The Bertz CT molecular complexity index is 1100. The molecule has 0 aliphatic carbocycles. The van der Waals surface area contributed by atoms with Crippen molar-refractivity contribution in [3.8, 4) is 5.75 Å². The lowest BCUT2D eigenvalue weighted by Gasteiger charge is -2.29. The van der Waals surface area contributed by atoms with Gasteiger partial charge in [0.1, 0.15) is 11.6 Å². The van der Waals surface area contributed by atoms with Crippen molar-refractivity contribution >= 4 is 16.0 Å². The molecular weight excluding hydrogens is 469 g/mol. The monoisotopic (exact) mass is 495 g/mol. The van der Waals surface area contributed by atoms with Gasteiger partial charge in [0, 0.05) is 25.4 Å². The third-order valence-electron chi connectivity index (χ3n) is 5.26. The van der Waals surface area contributed by atoms with E-state index in [0.717, 1.165) is 4.31 Å². The smallest absolute Gasteiger partial charge is 0.370 e. The molecule has 2 atom stereocenters. The van der Waals surface area contributed by atoms with Gasteiger partial charge in [-0.2, -0.15) is 4.31 Å². The minimum absolute atomic E-state index is 0.0307. The summed E-state index contributed by atoms with van der Waals surface area (Å²) < 4.78 is 56.4. The fourth-order valence-corrected chi connectivity index (χ4v) is 4.91. The number of hydrogen-bond acceptors (Lipinski definition) is 7. The first-order valence-electron chi connectivity index (χ1n) is 10.5. The molecule has 9 nitrogen and oxygen atoms in total. The maximum Gasteiger partial charge on any atom is 0.370 e. The second-order valence-corrected chi connectivity index (χ2v) is 9.39. The summed E-state index contributed by atoms with van der Waals surface area (Å²) in [5, 5.41) is 18.7. The van der Waals surface area contributed by atoms with E-state index in [1.165, 1.54) is 49.6 Å². The summed E-state index contributed by atoms with van der Waals surface area (Å²) in [7, 11) is -2.45. The first-order chi connectivity index (χ1) is 16.2. The van der Waals surface area contributed by atoms with E-state index < -0.39 is 34.7 Å². The van der Waals surface area contributed by atoms with Gasteiger partial charge < -0.3 is 24.4 Å². The van der Waals surface area contributed by atoms with Crippen LogP contribution in [0.5, 0.6) is 5.75 Å². The molecule has 1 aliphatic heterocycles. The number of carboxylic acids is 1. The third kappa shape index (κ3) is 6.32. The zero-order valence-corrected chi connectivity index (χ0v) is 19.3. The Morgan fingerprint density at radius 1 is 1.15 bits per heavy atom. The lowest BCUT2D eigenvalue weighted by Crippen LogP contribution is -2.37. The maximum absolute atomic E-state index is 13.3. The lowest BCUT2D eigenvalue weighted by molar-refractivity contribution is -0.157. The minimum atomic E-state index is -3.92. The van der Waals surface area contributed by atoms with E-state index in [4.69, 9.17) is 14.2 Å². The van der Waals surface area contributed by atoms with Crippen molar-refractivity contribution in [2.75, 3.05) is 33.4 Å². The van der Waals surface area contributed by atoms with Crippen molar-refractivity contribution in [1.29, 1.82) is 0 Å². The predicted octanol–water partition coefficient (Wildman–Crippen LogP) is 2.33. The van der Waals surface area contributed by atoms with Crippen LogP contribution in [0.15, 0.2) is 65.3 Å². The minimum Gasteiger partial charge on any atom is -0.497 e. The number of hydrogen-bond donors (Lipinski definition) is 2. The molecule has 0 spiro atoms. The SMILES string of the molecule is COc1ccc(S(=O)(=O)N(CCO)CCO[C@H]2C[C@@H](c3ccc(F)cc3)C=C(C(=O)O)O2)cc1. The fourth-order valence-electron chi connectivity index (χ4n) is 3.50. The van der Waals surface area contributed by atoms with Gasteiger partial charge in [-0.3, -0.25) is 0 Å². The number of carboxylic acid groups (broad SMARTS) is 1. The molecule has 2 N–H and O–H groups in total. The first kappa shape index (κ1) is 25.6. The summed E-state index contributed by atoms with van der Waals surface area (Å²) in [6, 6.07) is 11.5. The van der Waals surface area contributed by atoms with Gasteiger partial charge in [-0.15, -0.1) is 0 Å². The molecule has 184 valence electrons. The van der Waals surface area contributed by atoms with Gasteiger partial charge in [0.2, 0.25) is 22.1 Å². The zero-order chi connectivity index (χ0) is 24.7. The number of aliphatic hydroxyl groups excluding tert-OH is 1. The van der Waals surface area contributed by atoms with Gasteiger partial charge in [0.25, 0.3) is 0 Å². The standard InChI is InChI=1S/C23H26FNO8S/c1-31-19-6-8-20(9-7-19)34(29,30)25(10-12-26)11-13-32-22-15-17(14-21(33-22)23(27)28)16-2-4-18(24)5-3-16/h2-9,14,17,22,26H,10-13,15H2,1H3,(H,27,28)/t17-,22+/m0/s1. The fraction of sp³-hybridized carbons (Fsp3) is 0.348. The van der Waals surface area contributed by atoms with Crippen molar-refractivity contribution in [3.63, 3.8) is 0 Å². The maximum atomic E-state index is 13.3. The van der Waals surface area contributed by atoms with Crippen LogP contribution < -0.4 is 4.74 Å². The van der Waals surface area contributed by atoms with Gasteiger partial charge >= 0.3 is 5.97 Å². The van der Waals surface area contributed by atoms with Crippen molar-refractivity contribution in [2.24, 2.45) is 0 Å². The van der Waals surface area contributed by atoms with E-state index >= 15 is 0 Å². The van der Waals surface area contributed by atoms with Gasteiger partial charge in [-0.05, 0) is 48.0 Å². The number of halogens is 1. The van der Waals surface area contributed by atoms with Crippen LogP contribution in [0.1, 0.15) is 17.9 Å². The molecule has 2 aromatic carbocycles. The number of methoxy groups -OCH3 is 1. The highest BCUT2D eigenvalue weighted by atomic mass is 32.2. The van der Waals surface area contributed by atoms with E-state index in [9.17, 15) is 27.8 Å². The number of nitrogens with zero attached hydrogens (tertiary/aromatic N) is 1. The Morgan fingerprint density at radius 2 is 1.82 bits per heavy atom. The van der Waals surface area contributed by atoms with E-state index in [1.54, 1.807) is 12.1 Å². The van der Waals surface area contributed by atoms with Crippen molar-refractivity contribution in [1.82, 2.24) is 4.31 Å². The zero-order valence-electron chi connectivity index (χ0n) is 18.5. The number of ether oxygens (including phenoxy) is 3. The molecule has 34 heavy (non-hydrogen) atoms. The summed E-state index contributed by atoms with van der Waals surface area (Å²) in [6.07, 6.45) is 0.737. The molecule has 1 heterocycles. The molecule has 0 amide bonds. The van der Waals surface area contributed by atoms with Crippen LogP contribution in [0, 0.1) is 5.82 Å². The number of rotatable bonds is 11. The Balaban J connectivity index is 1.67. The van der Waals surface area contributed by atoms with Gasteiger partial charge in [-0.1, -0.05) is 12.1 Å². The van der Waals surface area contributed by atoms with E-state index in [-0.39, 0.29) is 42.7 Å². The molecule has 1 aliphatic rings. The van der Waals surface area contributed by atoms with Gasteiger partial charge in [0.15, 0.2) is 0 Å². The largest absolute Gasteiger partial charge is 0.497 e. The highest BCUT2D eigenvalue weighted by Gasteiger charge is 2.30. The molecule has 0 radical (unpaired) electrons. The van der Waals surface area contributed by atoms with Gasteiger partial charge in [-0.25, -0.2) is 17.6 Å². The van der Waals surface area contributed by atoms with Crippen molar-refractivity contribution < 1.29 is 42.0 Å². The molecule has 0 saturated carbocycles. The van der Waals surface area contributed by atoms with Crippen molar-refractivity contribution in [2.45, 2.75) is 23.5 Å². The Labute approximate surface area is 197 Å². The number of benzene rings is 2. The quantitative estimate of drug-likeness (QED) is 0.487. The van der Waals surface area contributed by atoms with Crippen LogP contribution in [0.2, 0.25) is 0 Å². The summed E-state index contributed by atoms with van der Waals surface area (Å²) in [4.78, 5) is 11.5. The average molecular weight is 496 g/mol. The summed E-state index contributed by atoms with van der Waals surface area (Å²) >= 11 is 0. The number of aliphatic hydroxyl groups is 1. The normalized spacial score (nSPS) is 18.3. The summed E-state index contributed by atoms with van der Waals surface area (Å²) in [6.45, 7) is -0.749. The van der Waals surface area contributed by atoms with E-state index in [2.05, 4.69) is 0 Å². The van der Waals surface area contributed by atoms with Crippen LogP contribution in [-0.4, -0.2) is 68.6 Å². The molecular formula is C23H26FNO8S. The molecule has 0 saturated heterocycles. The number of carbonyl (C=O) groups is 1. The molecule has 0 bridgehead atoms. The van der Waals surface area contributed by atoms with Crippen LogP contribution in [0.3, 0.4) is 0 Å². The van der Waals surface area contributed by atoms with Crippen LogP contribution in [-0.2, 0) is 24.3 Å². The second kappa shape index (κ2) is 11.4. The van der Waals surface area contributed by atoms with E-state index in [1.807, 2.05) is 0 Å². The number of sulfonamides is 1. The average Bonchev–Trinajstić information content (AvgIpc) is 2.83. The van der Waals surface area contributed by atoms with Crippen molar-refractivity contribution in [3.05, 3.63) is 71.7 Å². The Morgan fingerprint density at radius 3 is 2.41 bits per heavy atom. The van der Waals surface area contributed by atoms with E-state index in [0.29, 0.717) is 11.3 Å². The highest BCUT2D eigenvalue weighted by molar-refractivity contribution is 7.89. The predicted molar refractivity (Wildman–Crippen MR) is 119 cm³/mol. The molecule has 3 rings (SSSR count). The van der Waals surface area contributed by atoms with Crippen LogP contribution in [0.4, 0.5) is 4.39 Å². The number of allylic oxidation sites excluding steroid dienone is 1. The summed E-state index contributed by atoms with van der Waals surface area (Å²) in [5.41, 5.74) is 0.695. The molecule has 0 fully saturated rings. The molecule has 0 aromatic heterocycles. The van der Waals surface area contributed by atoms with Crippen LogP contribution >= 0.6 is 0 Å². The Hall–Kier alpha value is -2.99. The highest BCUT2D eigenvalue weighted by Crippen LogP contribution is 2.31.